The van der Waals surface area contributed by atoms with Gasteiger partial charge in [-0.15, -0.1) is 0 Å². The van der Waals surface area contributed by atoms with Crippen LogP contribution in [0.25, 0.3) is 0 Å². The number of alkyl halides is 6. The van der Waals surface area contributed by atoms with Gasteiger partial charge in [0.1, 0.15) is 0 Å². The van der Waals surface area contributed by atoms with Crippen LogP contribution in [0.5, 0.6) is 0 Å². The Hall–Kier alpha value is -2.84. The van der Waals surface area contributed by atoms with Gasteiger partial charge in [0.05, 0.1) is 11.1 Å². The van der Waals surface area contributed by atoms with Crippen LogP contribution in [0.1, 0.15) is 46.6 Å². The minimum absolute atomic E-state index is 0.0260. The van der Waals surface area contributed by atoms with Crippen LogP contribution < -0.4 is 0 Å². The number of hydrogen-bond acceptors (Lipinski definition) is 2. The van der Waals surface area contributed by atoms with Gasteiger partial charge in [0.2, 0.25) is 0 Å². The van der Waals surface area contributed by atoms with Gasteiger partial charge >= 0.3 is 12.4 Å². The topological polar surface area (TPSA) is 6.48 Å². The second-order valence-electron chi connectivity index (χ2n) is 10.0. The molecule has 0 saturated carbocycles. The van der Waals surface area contributed by atoms with E-state index in [9.17, 15) is 26.3 Å². The van der Waals surface area contributed by atoms with E-state index in [-0.39, 0.29) is 36.2 Å². The first kappa shape index (κ1) is 25.8. The van der Waals surface area contributed by atoms with Crippen LogP contribution >= 0.6 is 0 Å². The van der Waals surface area contributed by atoms with Crippen molar-refractivity contribution in [1.29, 1.82) is 0 Å². The summed E-state index contributed by atoms with van der Waals surface area (Å²) in [7, 11) is 0. The van der Waals surface area contributed by atoms with Crippen molar-refractivity contribution < 1.29 is 26.3 Å². The lowest BCUT2D eigenvalue weighted by Gasteiger charge is -2.47. The van der Waals surface area contributed by atoms with Crippen LogP contribution in [0.3, 0.4) is 0 Å². The first-order valence-electron chi connectivity index (χ1n) is 12.5. The number of fused-ring (bicyclic) bond motifs is 1. The van der Waals surface area contributed by atoms with Gasteiger partial charge in [0.25, 0.3) is 0 Å². The zero-order valence-corrected chi connectivity index (χ0v) is 20.1. The Labute approximate surface area is 212 Å². The minimum Gasteiger partial charge on any atom is -0.296 e. The van der Waals surface area contributed by atoms with Gasteiger partial charge in [-0.05, 0) is 54.3 Å². The third kappa shape index (κ3) is 5.70. The highest BCUT2D eigenvalue weighted by Crippen LogP contribution is 2.39. The van der Waals surface area contributed by atoms with Crippen molar-refractivity contribution in [2.24, 2.45) is 0 Å². The predicted octanol–water partition coefficient (Wildman–Crippen LogP) is 7.20. The van der Waals surface area contributed by atoms with Gasteiger partial charge in [0, 0.05) is 37.6 Å². The second-order valence-corrected chi connectivity index (χ2v) is 10.0. The average molecular weight is 519 g/mol. The summed E-state index contributed by atoms with van der Waals surface area (Å²) in [4.78, 5) is 4.53. The summed E-state index contributed by atoms with van der Waals surface area (Å²) in [6.07, 6.45) is -7.73. The molecule has 2 atom stereocenters. The fourth-order valence-electron chi connectivity index (χ4n) is 5.98. The highest BCUT2D eigenvalue weighted by atomic mass is 19.4. The number of rotatable bonds is 5. The quantitative estimate of drug-likeness (QED) is 0.330. The molecule has 5 rings (SSSR count). The SMILES string of the molecule is FC(F)(F)c1cc(CN2C[C@@H]3CCCN3[C@H](C(c3ccccc3)c3ccccc3)C2)cc(C(F)(F)F)c1. The van der Waals surface area contributed by atoms with Crippen molar-refractivity contribution in [1.82, 2.24) is 9.80 Å². The van der Waals surface area contributed by atoms with Crippen LogP contribution in [0.4, 0.5) is 26.3 Å². The van der Waals surface area contributed by atoms with Gasteiger partial charge in [-0.25, -0.2) is 0 Å². The van der Waals surface area contributed by atoms with E-state index in [1.807, 2.05) is 41.3 Å². The molecule has 0 aliphatic carbocycles. The molecule has 0 bridgehead atoms. The van der Waals surface area contributed by atoms with E-state index in [1.165, 1.54) is 0 Å². The summed E-state index contributed by atoms with van der Waals surface area (Å²) in [6, 6.07) is 22.4. The standard InChI is InChI=1S/C29H28F6N2/c30-28(31,32)23-14-20(15-24(16-23)29(33,34)35)17-36-18-25-12-7-13-37(25)26(19-36)27(21-8-3-1-4-9-21)22-10-5-2-6-11-22/h1-6,8-11,14-16,25-27H,7,12-13,17-19H2/t25-,26-/m0/s1. The van der Waals surface area contributed by atoms with Crippen molar-refractivity contribution in [2.75, 3.05) is 19.6 Å². The molecular weight excluding hydrogens is 490 g/mol. The maximum atomic E-state index is 13.4. The molecule has 8 heteroatoms. The maximum absolute atomic E-state index is 13.4. The Balaban J connectivity index is 1.49. The molecule has 0 N–H and O–H groups in total. The van der Waals surface area contributed by atoms with Crippen LogP contribution in [-0.2, 0) is 18.9 Å². The number of piperazine rings is 1. The molecule has 2 nitrogen and oxygen atoms in total. The Bertz CT molecular complexity index is 1120. The van der Waals surface area contributed by atoms with Crippen molar-refractivity contribution in [3.05, 3.63) is 107 Å². The van der Waals surface area contributed by atoms with Crippen molar-refractivity contribution in [3.63, 3.8) is 0 Å². The fourth-order valence-corrected chi connectivity index (χ4v) is 5.98. The molecule has 2 fully saturated rings. The Kier molecular flexibility index (Phi) is 7.07. The molecule has 0 amide bonds. The number of nitrogens with zero attached hydrogens (tertiary/aromatic N) is 2. The summed E-state index contributed by atoms with van der Waals surface area (Å²) in [5.41, 5.74) is -0.211. The van der Waals surface area contributed by atoms with E-state index in [4.69, 9.17) is 0 Å². The normalized spacial score (nSPS) is 21.4. The van der Waals surface area contributed by atoms with Gasteiger partial charge in [0.15, 0.2) is 0 Å². The molecule has 2 aliphatic heterocycles. The molecule has 3 aromatic rings. The largest absolute Gasteiger partial charge is 0.416 e. The van der Waals surface area contributed by atoms with Crippen LogP contribution in [-0.4, -0.2) is 41.5 Å². The maximum Gasteiger partial charge on any atom is 0.416 e. The zero-order valence-electron chi connectivity index (χ0n) is 20.1. The van der Waals surface area contributed by atoms with Crippen molar-refractivity contribution >= 4 is 0 Å². The summed E-state index contributed by atoms with van der Waals surface area (Å²) >= 11 is 0. The number of halogens is 6. The lowest BCUT2D eigenvalue weighted by Crippen LogP contribution is -2.57. The Morgan fingerprint density at radius 2 is 1.27 bits per heavy atom. The van der Waals surface area contributed by atoms with Gasteiger partial charge < -0.3 is 0 Å². The monoisotopic (exact) mass is 518 g/mol. The van der Waals surface area contributed by atoms with E-state index in [0.717, 1.165) is 42.6 Å². The zero-order chi connectivity index (χ0) is 26.2. The summed E-state index contributed by atoms with van der Waals surface area (Å²) in [5, 5.41) is 0. The van der Waals surface area contributed by atoms with Crippen LogP contribution in [0.15, 0.2) is 78.9 Å². The summed E-state index contributed by atoms with van der Waals surface area (Å²) < 4.78 is 80.7. The van der Waals surface area contributed by atoms with Crippen LogP contribution in [0, 0.1) is 0 Å². The third-order valence-electron chi connectivity index (χ3n) is 7.52. The first-order valence-corrected chi connectivity index (χ1v) is 12.5. The molecule has 0 aromatic heterocycles. The molecule has 2 saturated heterocycles. The van der Waals surface area contributed by atoms with Gasteiger partial charge in [-0.1, -0.05) is 60.7 Å². The summed E-state index contributed by atoms with van der Waals surface area (Å²) in [6.45, 7) is 2.12. The van der Waals surface area contributed by atoms with Crippen molar-refractivity contribution in [2.45, 2.75) is 49.7 Å². The molecule has 0 radical (unpaired) electrons. The Morgan fingerprint density at radius 3 is 1.78 bits per heavy atom. The number of benzene rings is 3. The molecule has 0 unspecified atom stereocenters. The summed E-state index contributed by atoms with van der Waals surface area (Å²) in [5.74, 6) is 0.0260. The van der Waals surface area contributed by atoms with Gasteiger partial charge in [-0.2, -0.15) is 26.3 Å². The highest BCUT2D eigenvalue weighted by Gasteiger charge is 2.42. The molecular formula is C29H28F6N2. The Morgan fingerprint density at radius 1 is 0.730 bits per heavy atom. The third-order valence-corrected chi connectivity index (χ3v) is 7.52. The van der Waals surface area contributed by atoms with Gasteiger partial charge in [-0.3, -0.25) is 9.80 Å². The van der Waals surface area contributed by atoms with Crippen molar-refractivity contribution in [3.8, 4) is 0 Å². The molecule has 37 heavy (non-hydrogen) atoms. The molecule has 196 valence electrons. The smallest absolute Gasteiger partial charge is 0.296 e. The van der Waals surface area contributed by atoms with E-state index in [0.29, 0.717) is 13.1 Å². The lowest BCUT2D eigenvalue weighted by molar-refractivity contribution is -0.143. The average Bonchev–Trinajstić information content (AvgIpc) is 3.33. The number of hydrogen-bond donors (Lipinski definition) is 0. The fraction of sp³-hybridized carbons (Fsp3) is 0.379. The molecule has 0 spiro atoms. The molecule has 3 aromatic carbocycles. The van der Waals surface area contributed by atoms with E-state index in [1.54, 1.807) is 0 Å². The van der Waals surface area contributed by atoms with E-state index < -0.39 is 23.5 Å². The predicted molar refractivity (Wildman–Crippen MR) is 130 cm³/mol. The molecule has 2 heterocycles. The van der Waals surface area contributed by atoms with E-state index >= 15 is 0 Å². The second kappa shape index (κ2) is 10.1. The first-order chi connectivity index (χ1) is 17.6. The van der Waals surface area contributed by atoms with E-state index in [2.05, 4.69) is 29.2 Å². The minimum atomic E-state index is -4.85. The highest BCUT2D eigenvalue weighted by molar-refractivity contribution is 5.36. The van der Waals surface area contributed by atoms with Crippen LogP contribution in [0.2, 0.25) is 0 Å². The molecule has 2 aliphatic rings. The lowest BCUT2D eigenvalue weighted by atomic mass is 9.82.